The Hall–Kier alpha value is -2.25. The molecule has 0 amide bonds. The molecule has 0 heterocycles. The van der Waals surface area contributed by atoms with Crippen LogP contribution < -0.4 is 0 Å². The molecular weight excluding hydrogens is 306 g/mol. The van der Waals surface area contributed by atoms with Gasteiger partial charge in [-0.3, -0.25) is 4.79 Å². The highest BCUT2D eigenvalue weighted by atomic mass is 32.2. The molecule has 2 aromatic rings. The fourth-order valence-electron chi connectivity index (χ4n) is 2.32. The summed E-state index contributed by atoms with van der Waals surface area (Å²) in [6, 6.07) is 22.5. The normalized spacial score (nSPS) is 11.7. The van der Waals surface area contributed by atoms with E-state index in [2.05, 4.69) is 30.3 Å². The van der Waals surface area contributed by atoms with Gasteiger partial charge in [-0.05, 0) is 11.1 Å². The summed E-state index contributed by atoms with van der Waals surface area (Å²) in [4.78, 5) is 11.2. The Bertz CT molecular complexity index is 613. The van der Waals surface area contributed by atoms with E-state index >= 15 is 0 Å². The molecular formula is C19H19NO2S. The number of hydrogen-bond donors (Lipinski definition) is 0. The average Bonchev–Trinajstić information content (AvgIpc) is 2.56. The largest absolute Gasteiger partial charge is 0.461 e. The predicted molar refractivity (Wildman–Crippen MR) is 93.0 cm³/mol. The van der Waals surface area contributed by atoms with Crippen molar-refractivity contribution in [1.29, 1.82) is 5.26 Å². The summed E-state index contributed by atoms with van der Waals surface area (Å²) >= 11 is 1.69. The predicted octanol–water partition coefficient (Wildman–Crippen LogP) is 4.35. The van der Waals surface area contributed by atoms with Crippen molar-refractivity contribution >= 4 is 17.7 Å². The lowest BCUT2D eigenvalue weighted by Gasteiger charge is -2.20. The zero-order valence-electron chi connectivity index (χ0n) is 13.0. The maximum Gasteiger partial charge on any atom is 0.302 e. The van der Waals surface area contributed by atoms with Gasteiger partial charge < -0.3 is 4.74 Å². The fourth-order valence-corrected chi connectivity index (χ4v) is 3.61. The zero-order chi connectivity index (χ0) is 16.5. The molecule has 0 N–H and O–H groups in total. The molecule has 1 unspecified atom stereocenters. The molecule has 0 aliphatic rings. The molecule has 118 valence electrons. The number of benzene rings is 2. The lowest BCUT2D eigenvalue weighted by atomic mass is 10.0. The molecule has 4 heteroatoms. The number of hydrogen-bond acceptors (Lipinski definition) is 4. The molecule has 23 heavy (non-hydrogen) atoms. The van der Waals surface area contributed by atoms with Crippen molar-refractivity contribution in [1.82, 2.24) is 0 Å². The maximum absolute atomic E-state index is 11.2. The van der Waals surface area contributed by atoms with Gasteiger partial charge in [-0.25, -0.2) is 0 Å². The maximum atomic E-state index is 11.2. The summed E-state index contributed by atoms with van der Waals surface area (Å²) in [5, 5.41) is 9.05. The van der Waals surface area contributed by atoms with E-state index in [1.165, 1.54) is 18.1 Å². The number of nitriles is 1. The van der Waals surface area contributed by atoms with Crippen LogP contribution in [0.4, 0.5) is 0 Å². The van der Waals surface area contributed by atoms with Gasteiger partial charge in [0.1, 0.15) is 6.10 Å². The van der Waals surface area contributed by atoms with Gasteiger partial charge in [0, 0.05) is 12.7 Å². The van der Waals surface area contributed by atoms with Crippen molar-refractivity contribution < 1.29 is 9.53 Å². The quantitative estimate of drug-likeness (QED) is 0.710. The van der Waals surface area contributed by atoms with Crippen molar-refractivity contribution in [3.05, 3.63) is 71.8 Å². The highest BCUT2D eigenvalue weighted by molar-refractivity contribution is 7.99. The molecule has 0 radical (unpaired) electrons. The third-order valence-electron chi connectivity index (χ3n) is 3.31. The van der Waals surface area contributed by atoms with Gasteiger partial charge in [-0.2, -0.15) is 5.26 Å². The van der Waals surface area contributed by atoms with Crippen LogP contribution in [0.1, 0.15) is 29.7 Å². The van der Waals surface area contributed by atoms with E-state index in [4.69, 9.17) is 10.00 Å². The van der Waals surface area contributed by atoms with Gasteiger partial charge in [-0.15, -0.1) is 11.8 Å². The third kappa shape index (κ3) is 5.46. The molecule has 0 fully saturated rings. The number of carbonyl (C=O) groups is 1. The minimum Gasteiger partial charge on any atom is -0.461 e. The van der Waals surface area contributed by atoms with Gasteiger partial charge in [-0.1, -0.05) is 60.7 Å². The Balaban J connectivity index is 2.15. The Morgan fingerprint density at radius 2 is 1.61 bits per heavy atom. The van der Waals surface area contributed by atoms with Crippen LogP contribution in [-0.2, 0) is 9.53 Å². The first-order valence-corrected chi connectivity index (χ1v) is 8.51. The first kappa shape index (κ1) is 17.1. The summed E-state index contributed by atoms with van der Waals surface area (Å²) in [5.74, 6) is 0.239. The van der Waals surface area contributed by atoms with Crippen LogP contribution in [0.15, 0.2) is 60.7 Å². The third-order valence-corrected chi connectivity index (χ3v) is 4.75. The standard InChI is InChI=1S/C19H19NO2S/c1-15(21)22-18(12-13-20)14-23-19(16-8-4-2-5-9-16)17-10-6-3-7-11-17/h2-11,18-19H,12,14H2,1H3. The number of ether oxygens (including phenoxy) is 1. The second kappa shape index (κ2) is 9.02. The molecule has 0 aliphatic heterocycles. The van der Waals surface area contributed by atoms with Crippen LogP contribution in [0, 0.1) is 11.3 Å². The SMILES string of the molecule is CC(=O)OC(CC#N)CSC(c1ccccc1)c1ccccc1. The van der Waals surface area contributed by atoms with Crippen molar-refractivity contribution in [2.45, 2.75) is 24.7 Å². The molecule has 0 bridgehead atoms. The Morgan fingerprint density at radius 1 is 1.09 bits per heavy atom. The van der Waals surface area contributed by atoms with Gasteiger partial charge >= 0.3 is 5.97 Å². The van der Waals surface area contributed by atoms with Crippen LogP contribution in [0.5, 0.6) is 0 Å². The Morgan fingerprint density at radius 3 is 2.04 bits per heavy atom. The van der Waals surface area contributed by atoms with Gasteiger partial charge in [0.05, 0.1) is 17.7 Å². The van der Waals surface area contributed by atoms with Crippen molar-refractivity contribution in [3.8, 4) is 6.07 Å². The van der Waals surface area contributed by atoms with E-state index in [1.54, 1.807) is 11.8 Å². The molecule has 2 rings (SSSR count). The lowest BCUT2D eigenvalue weighted by molar-refractivity contribution is -0.144. The topological polar surface area (TPSA) is 50.1 Å². The second-order valence-corrected chi connectivity index (χ2v) is 6.27. The summed E-state index contributed by atoms with van der Waals surface area (Å²) in [5.41, 5.74) is 2.39. The molecule has 0 saturated carbocycles. The lowest BCUT2D eigenvalue weighted by Crippen LogP contribution is -2.19. The summed E-state index contributed by atoms with van der Waals surface area (Å²) in [6.45, 7) is 1.38. The highest BCUT2D eigenvalue weighted by Gasteiger charge is 2.19. The average molecular weight is 325 g/mol. The number of esters is 1. The first-order valence-electron chi connectivity index (χ1n) is 7.46. The summed E-state index contributed by atoms with van der Waals surface area (Å²) in [7, 11) is 0. The van der Waals surface area contributed by atoms with E-state index in [-0.39, 0.29) is 23.7 Å². The van der Waals surface area contributed by atoms with Crippen LogP contribution in [-0.4, -0.2) is 17.8 Å². The smallest absolute Gasteiger partial charge is 0.302 e. The van der Waals surface area contributed by atoms with Crippen LogP contribution in [0.2, 0.25) is 0 Å². The first-order chi connectivity index (χ1) is 11.2. The molecule has 0 spiro atoms. The summed E-state index contributed by atoms with van der Waals surface area (Å²) in [6.07, 6.45) is -0.166. The van der Waals surface area contributed by atoms with Crippen LogP contribution in [0.25, 0.3) is 0 Å². The molecule has 0 aliphatic carbocycles. The monoisotopic (exact) mass is 325 g/mol. The molecule has 0 aromatic heterocycles. The Labute approximate surface area is 141 Å². The second-order valence-electron chi connectivity index (χ2n) is 5.13. The van der Waals surface area contributed by atoms with Gasteiger partial charge in [0.15, 0.2) is 0 Å². The minimum atomic E-state index is -0.377. The van der Waals surface area contributed by atoms with E-state index in [9.17, 15) is 4.79 Å². The molecule has 3 nitrogen and oxygen atoms in total. The molecule has 0 saturated heterocycles. The number of rotatable bonds is 7. The van der Waals surface area contributed by atoms with Crippen molar-refractivity contribution in [2.75, 3.05) is 5.75 Å². The molecule has 2 aromatic carbocycles. The van der Waals surface area contributed by atoms with Crippen molar-refractivity contribution in [2.24, 2.45) is 0 Å². The van der Waals surface area contributed by atoms with E-state index in [0.29, 0.717) is 5.75 Å². The fraction of sp³-hybridized carbons (Fsp3) is 0.263. The van der Waals surface area contributed by atoms with Crippen LogP contribution >= 0.6 is 11.8 Å². The van der Waals surface area contributed by atoms with E-state index < -0.39 is 0 Å². The van der Waals surface area contributed by atoms with E-state index in [0.717, 1.165) is 0 Å². The zero-order valence-corrected chi connectivity index (χ0v) is 13.8. The molecule has 1 atom stereocenters. The Kier molecular flexibility index (Phi) is 6.71. The number of nitrogens with zero attached hydrogens (tertiary/aromatic N) is 1. The number of thioether (sulfide) groups is 1. The number of carbonyl (C=O) groups excluding carboxylic acids is 1. The highest BCUT2D eigenvalue weighted by Crippen LogP contribution is 2.36. The van der Waals surface area contributed by atoms with Gasteiger partial charge in [0.25, 0.3) is 0 Å². The van der Waals surface area contributed by atoms with Crippen LogP contribution in [0.3, 0.4) is 0 Å². The van der Waals surface area contributed by atoms with Gasteiger partial charge in [0.2, 0.25) is 0 Å². The minimum absolute atomic E-state index is 0.147. The summed E-state index contributed by atoms with van der Waals surface area (Å²) < 4.78 is 5.23. The van der Waals surface area contributed by atoms with E-state index in [1.807, 2.05) is 36.4 Å². The van der Waals surface area contributed by atoms with Crippen molar-refractivity contribution in [3.63, 3.8) is 0 Å².